The standard InChI is InChI=1S/C14H26O3/c1-4-12(11(2)3)13(15)9-7-5-6-8-10-14(16)17/h11-12H,4-10H2,1-3H3,(H,16,17). The summed E-state index contributed by atoms with van der Waals surface area (Å²) in [6.45, 7) is 6.26. The smallest absolute Gasteiger partial charge is 0.303 e. The van der Waals surface area contributed by atoms with Gasteiger partial charge in [-0.05, 0) is 25.2 Å². The Kier molecular flexibility index (Phi) is 8.73. The third-order valence-corrected chi connectivity index (χ3v) is 3.22. The van der Waals surface area contributed by atoms with Crippen LogP contribution in [-0.4, -0.2) is 16.9 Å². The van der Waals surface area contributed by atoms with Crippen LogP contribution in [0.25, 0.3) is 0 Å². The topological polar surface area (TPSA) is 54.4 Å². The predicted molar refractivity (Wildman–Crippen MR) is 69.0 cm³/mol. The molecule has 3 nitrogen and oxygen atoms in total. The number of carboxylic acids is 1. The maximum absolute atomic E-state index is 11.9. The van der Waals surface area contributed by atoms with Gasteiger partial charge in [0.05, 0.1) is 0 Å². The number of carbonyl (C=O) groups excluding carboxylic acids is 1. The third-order valence-electron chi connectivity index (χ3n) is 3.22. The fraction of sp³-hybridized carbons (Fsp3) is 0.857. The molecule has 0 aromatic heterocycles. The van der Waals surface area contributed by atoms with Crippen LogP contribution in [0.1, 0.15) is 65.7 Å². The van der Waals surface area contributed by atoms with E-state index in [2.05, 4.69) is 20.8 Å². The minimum absolute atomic E-state index is 0.203. The van der Waals surface area contributed by atoms with Crippen LogP contribution in [0.4, 0.5) is 0 Å². The molecule has 17 heavy (non-hydrogen) atoms. The van der Waals surface area contributed by atoms with Crippen LogP contribution < -0.4 is 0 Å². The summed E-state index contributed by atoms with van der Waals surface area (Å²) < 4.78 is 0. The number of rotatable bonds is 10. The van der Waals surface area contributed by atoms with E-state index in [9.17, 15) is 9.59 Å². The summed E-state index contributed by atoms with van der Waals surface area (Å²) in [5.74, 6) is 0.279. The molecule has 0 aliphatic carbocycles. The van der Waals surface area contributed by atoms with Gasteiger partial charge in [0.1, 0.15) is 5.78 Å². The molecule has 0 rings (SSSR count). The van der Waals surface area contributed by atoms with Gasteiger partial charge in [0.2, 0.25) is 0 Å². The second kappa shape index (κ2) is 9.20. The Labute approximate surface area is 105 Å². The Bertz CT molecular complexity index is 234. The van der Waals surface area contributed by atoms with E-state index in [1.807, 2.05) is 0 Å². The molecule has 0 saturated carbocycles. The van der Waals surface area contributed by atoms with Crippen LogP contribution in [0.15, 0.2) is 0 Å². The van der Waals surface area contributed by atoms with Crippen LogP contribution >= 0.6 is 0 Å². The van der Waals surface area contributed by atoms with E-state index >= 15 is 0 Å². The Morgan fingerprint density at radius 1 is 1.00 bits per heavy atom. The van der Waals surface area contributed by atoms with Crippen molar-refractivity contribution in [3.05, 3.63) is 0 Å². The van der Waals surface area contributed by atoms with Crippen LogP contribution in [-0.2, 0) is 9.59 Å². The molecule has 0 saturated heterocycles. The zero-order valence-corrected chi connectivity index (χ0v) is 11.4. The fourth-order valence-electron chi connectivity index (χ4n) is 2.19. The summed E-state index contributed by atoms with van der Waals surface area (Å²) in [6.07, 6.45) is 5.34. The molecule has 0 fully saturated rings. The third kappa shape index (κ3) is 7.94. The summed E-state index contributed by atoms with van der Waals surface area (Å²) in [7, 11) is 0. The van der Waals surface area contributed by atoms with Gasteiger partial charge in [-0.15, -0.1) is 0 Å². The first-order valence-corrected chi connectivity index (χ1v) is 6.73. The Morgan fingerprint density at radius 2 is 1.53 bits per heavy atom. The molecular weight excluding hydrogens is 216 g/mol. The van der Waals surface area contributed by atoms with Crippen molar-refractivity contribution in [2.45, 2.75) is 65.7 Å². The molecule has 3 heteroatoms. The first-order chi connectivity index (χ1) is 7.99. The number of aliphatic carboxylic acids is 1. The fourth-order valence-corrected chi connectivity index (χ4v) is 2.19. The number of unbranched alkanes of at least 4 members (excludes halogenated alkanes) is 3. The monoisotopic (exact) mass is 242 g/mol. The molecule has 1 unspecified atom stereocenters. The summed E-state index contributed by atoms with van der Waals surface area (Å²) in [5, 5.41) is 8.47. The lowest BCUT2D eigenvalue weighted by atomic mass is 9.87. The van der Waals surface area contributed by atoms with Crippen LogP contribution in [0.5, 0.6) is 0 Å². The molecule has 0 aliphatic rings. The molecule has 100 valence electrons. The summed E-state index contributed by atoms with van der Waals surface area (Å²) in [6, 6.07) is 0. The molecule has 0 amide bonds. The largest absolute Gasteiger partial charge is 0.481 e. The maximum Gasteiger partial charge on any atom is 0.303 e. The number of carbonyl (C=O) groups is 2. The van der Waals surface area contributed by atoms with Crippen molar-refractivity contribution in [2.75, 3.05) is 0 Å². The molecule has 1 atom stereocenters. The first kappa shape index (κ1) is 16.1. The molecule has 0 spiro atoms. The lowest BCUT2D eigenvalue weighted by Crippen LogP contribution is -2.19. The SMILES string of the molecule is CCC(C(=O)CCCCCCC(=O)O)C(C)C. The predicted octanol–water partition coefficient (Wildman–Crippen LogP) is 3.66. The Hall–Kier alpha value is -0.860. The van der Waals surface area contributed by atoms with Gasteiger partial charge in [-0.3, -0.25) is 9.59 Å². The van der Waals surface area contributed by atoms with Gasteiger partial charge in [0.25, 0.3) is 0 Å². The highest BCUT2D eigenvalue weighted by Crippen LogP contribution is 2.19. The summed E-state index contributed by atoms with van der Waals surface area (Å²) >= 11 is 0. The van der Waals surface area contributed by atoms with Crippen molar-refractivity contribution in [3.8, 4) is 0 Å². The van der Waals surface area contributed by atoms with Crippen molar-refractivity contribution in [3.63, 3.8) is 0 Å². The second-order valence-corrected chi connectivity index (χ2v) is 5.03. The van der Waals surface area contributed by atoms with Gasteiger partial charge in [-0.2, -0.15) is 0 Å². The highest BCUT2D eigenvalue weighted by Gasteiger charge is 2.18. The van der Waals surface area contributed by atoms with Gasteiger partial charge in [0.15, 0.2) is 0 Å². The second-order valence-electron chi connectivity index (χ2n) is 5.03. The molecule has 0 heterocycles. The number of hydrogen-bond donors (Lipinski definition) is 1. The number of hydrogen-bond acceptors (Lipinski definition) is 2. The number of ketones is 1. The molecule has 0 bridgehead atoms. The van der Waals surface area contributed by atoms with Crippen molar-refractivity contribution < 1.29 is 14.7 Å². The van der Waals surface area contributed by atoms with Crippen molar-refractivity contribution in [2.24, 2.45) is 11.8 Å². The van der Waals surface area contributed by atoms with E-state index < -0.39 is 5.97 Å². The highest BCUT2D eigenvalue weighted by molar-refractivity contribution is 5.81. The van der Waals surface area contributed by atoms with Crippen LogP contribution in [0.2, 0.25) is 0 Å². The van der Waals surface area contributed by atoms with Crippen molar-refractivity contribution in [1.82, 2.24) is 0 Å². The summed E-state index contributed by atoms with van der Waals surface area (Å²) in [5.41, 5.74) is 0. The van der Waals surface area contributed by atoms with E-state index in [1.165, 1.54) is 0 Å². The molecule has 0 radical (unpaired) electrons. The lowest BCUT2D eigenvalue weighted by Gasteiger charge is -2.17. The number of carboxylic acid groups (broad SMARTS) is 1. The average molecular weight is 242 g/mol. The van der Waals surface area contributed by atoms with E-state index in [-0.39, 0.29) is 12.3 Å². The quantitative estimate of drug-likeness (QED) is 0.595. The average Bonchev–Trinajstić information content (AvgIpc) is 2.23. The van der Waals surface area contributed by atoms with Gasteiger partial charge >= 0.3 is 5.97 Å². The van der Waals surface area contributed by atoms with Crippen molar-refractivity contribution in [1.29, 1.82) is 0 Å². The van der Waals surface area contributed by atoms with E-state index in [0.29, 0.717) is 18.1 Å². The molecular formula is C14H26O3. The zero-order chi connectivity index (χ0) is 13.3. The minimum atomic E-state index is -0.730. The van der Waals surface area contributed by atoms with Gasteiger partial charge < -0.3 is 5.11 Å². The molecule has 0 aromatic carbocycles. The number of Topliss-reactive ketones (excluding diaryl/α,β-unsaturated/α-hetero) is 1. The normalized spacial score (nSPS) is 12.7. The van der Waals surface area contributed by atoms with E-state index in [0.717, 1.165) is 32.1 Å². The Balaban J connectivity index is 3.60. The van der Waals surface area contributed by atoms with Gasteiger partial charge in [0, 0.05) is 18.8 Å². The van der Waals surface area contributed by atoms with E-state index in [1.54, 1.807) is 0 Å². The van der Waals surface area contributed by atoms with Gasteiger partial charge in [-0.1, -0.05) is 33.6 Å². The van der Waals surface area contributed by atoms with Crippen LogP contribution in [0, 0.1) is 11.8 Å². The lowest BCUT2D eigenvalue weighted by molar-refractivity contribution is -0.137. The summed E-state index contributed by atoms with van der Waals surface area (Å²) in [4.78, 5) is 22.2. The maximum atomic E-state index is 11.9. The Morgan fingerprint density at radius 3 is 1.94 bits per heavy atom. The highest BCUT2D eigenvalue weighted by atomic mass is 16.4. The van der Waals surface area contributed by atoms with Gasteiger partial charge in [-0.25, -0.2) is 0 Å². The molecule has 1 N–H and O–H groups in total. The zero-order valence-electron chi connectivity index (χ0n) is 11.4. The molecule has 0 aromatic rings. The van der Waals surface area contributed by atoms with E-state index in [4.69, 9.17) is 5.11 Å². The van der Waals surface area contributed by atoms with Crippen LogP contribution in [0.3, 0.4) is 0 Å². The minimum Gasteiger partial charge on any atom is -0.481 e. The van der Waals surface area contributed by atoms with Crippen molar-refractivity contribution >= 4 is 11.8 Å². The molecule has 0 aliphatic heterocycles. The first-order valence-electron chi connectivity index (χ1n) is 6.73.